The van der Waals surface area contributed by atoms with Gasteiger partial charge in [0.1, 0.15) is 13.2 Å². The Morgan fingerprint density at radius 1 is 1.54 bits per heavy atom. The first-order chi connectivity index (χ1) is 5.45. The van der Waals surface area contributed by atoms with Crippen molar-refractivity contribution < 1.29 is 53.1 Å². The minimum Gasteiger partial charge on any atom is -1.00 e. The molecule has 0 aliphatic heterocycles. The van der Waals surface area contributed by atoms with Crippen molar-refractivity contribution in [1.82, 2.24) is 0 Å². The number of carbonyl (C=O) groups is 1. The van der Waals surface area contributed by atoms with Gasteiger partial charge in [-0.1, -0.05) is 6.58 Å². The first kappa shape index (κ1) is 15.6. The fourth-order valence-electron chi connectivity index (χ4n) is 0.387. The molecule has 0 aromatic rings. The standard InChI is InChI=1S/C6H10O5S.Na.H/c1-3-6(7)10-4-5-11-12(2,8)9;;/h3H,1,4-5H2,2H3;;/q;+1;-1. The summed E-state index contributed by atoms with van der Waals surface area (Å²) in [5.41, 5.74) is 0. The molecule has 0 aromatic heterocycles. The molecule has 0 bridgehead atoms. The first-order valence-corrected chi connectivity index (χ1v) is 4.91. The first-order valence-electron chi connectivity index (χ1n) is 3.09. The summed E-state index contributed by atoms with van der Waals surface area (Å²) in [5.74, 6) is -0.605. The quantitative estimate of drug-likeness (QED) is 0.160. The smallest absolute Gasteiger partial charge is 1.00 e. The van der Waals surface area contributed by atoms with Crippen LogP contribution < -0.4 is 29.6 Å². The topological polar surface area (TPSA) is 69.7 Å². The van der Waals surface area contributed by atoms with Crippen molar-refractivity contribution in [2.24, 2.45) is 0 Å². The van der Waals surface area contributed by atoms with Gasteiger partial charge in [0.25, 0.3) is 10.1 Å². The van der Waals surface area contributed by atoms with Gasteiger partial charge in [-0.25, -0.2) is 4.79 Å². The Morgan fingerprint density at radius 3 is 2.46 bits per heavy atom. The van der Waals surface area contributed by atoms with Crippen LogP contribution in [0.2, 0.25) is 0 Å². The van der Waals surface area contributed by atoms with Crippen LogP contribution in [0.4, 0.5) is 0 Å². The molecular formula is C6H11NaO5S. The van der Waals surface area contributed by atoms with E-state index in [4.69, 9.17) is 0 Å². The van der Waals surface area contributed by atoms with Crippen LogP contribution in [0.15, 0.2) is 12.7 Å². The van der Waals surface area contributed by atoms with Crippen molar-refractivity contribution in [2.45, 2.75) is 0 Å². The van der Waals surface area contributed by atoms with Gasteiger partial charge in [0.2, 0.25) is 0 Å². The number of rotatable bonds is 5. The summed E-state index contributed by atoms with van der Waals surface area (Å²) in [6.07, 6.45) is 1.91. The maximum Gasteiger partial charge on any atom is 1.00 e. The maximum absolute atomic E-state index is 10.4. The molecule has 0 saturated heterocycles. The van der Waals surface area contributed by atoms with E-state index in [9.17, 15) is 13.2 Å². The van der Waals surface area contributed by atoms with Gasteiger partial charge in [0.15, 0.2) is 0 Å². The van der Waals surface area contributed by atoms with Crippen molar-refractivity contribution in [3.05, 3.63) is 12.7 Å². The molecule has 0 fully saturated rings. The predicted octanol–water partition coefficient (Wildman–Crippen LogP) is -3.19. The maximum atomic E-state index is 10.4. The Kier molecular flexibility index (Phi) is 9.01. The van der Waals surface area contributed by atoms with Crippen molar-refractivity contribution >= 4 is 16.1 Å². The number of hydrogen-bond acceptors (Lipinski definition) is 5. The van der Waals surface area contributed by atoms with Crippen LogP contribution in [0.25, 0.3) is 0 Å². The second kappa shape index (κ2) is 7.52. The molecule has 0 aliphatic rings. The van der Waals surface area contributed by atoms with Crippen molar-refractivity contribution in [1.29, 1.82) is 0 Å². The molecular weight excluding hydrogens is 207 g/mol. The zero-order chi connectivity index (χ0) is 9.61. The van der Waals surface area contributed by atoms with Gasteiger partial charge in [-0.3, -0.25) is 4.18 Å². The molecule has 0 unspecified atom stereocenters. The third-order valence-corrected chi connectivity index (χ3v) is 1.39. The molecule has 0 rings (SSSR count). The molecule has 0 amide bonds. The van der Waals surface area contributed by atoms with E-state index in [-0.39, 0.29) is 44.2 Å². The Hall–Kier alpha value is 0.120. The summed E-state index contributed by atoms with van der Waals surface area (Å²) >= 11 is 0. The summed E-state index contributed by atoms with van der Waals surface area (Å²) in [7, 11) is -3.45. The average molecular weight is 218 g/mol. The van der Waals surface area contributed by atoms with E-state index in [1.54, 1.807) is 0 Å². The fourth-order valence-corrected chi connectivity index (χ4v) is 0.757. The monoisotopic (exact) mass is 218 g/mol. The largest absolute Gasteiger partial charge is 1.00 e. The van der Waals surface area contributed by atoms with E-state index in [1.807, 2.05) is 0 Å². The molecule has 0 saturated carbocycles. The molecule has 13 heavy (non-hydrogen) atoms. The van der Waals surface area contributed by atoms with Crippen LogP contribution in [0.1, 0.15) is 1.43 Å². The second-order valence-electron chi connectivity index (χ2n) is 1.90. The van der Waals surface area contributed by atoms with Crippen LogP contribution in [-0.2, 0) is 23.8 Å². The molecule has 7 heteroatoms. The van der Waals surface area contributed by atoms with Gasteiger partial charge in [0.05, 0.1) is 6.26 Å². The molecule has 0 aliphatic carbocycles. The molecule has 72 valence electrons. The molecule has 0 atom stereocenters. The van der Waals surface area contributed by atoms with Crippen LogP contribution in [0, 0.1) is 0 Å². The number of carbonyl (C=O) groups excluding carboxylic acids is 1. The number of ether oxygens (including phenoxy) is 1. The van der Waals surface area contributed by atoms with Crippen LogP contribution in [0.5, 0.6) is 0 Å². The Balaban J connectivity index is -0.000000605. The summed E-state index contributed by atoms with van der Waals surface area (Å²) in [6, 6.07) is 0. The van der Waals surface area contributed by atoms with Crippen molar-refractivity contribution in [2.75, 3.05) is 19.5 Å². The molecule has 0 N–H and O–H groups in total. The minimum absolute atomic E-state index is 0. The Bertz CT molecular complexity index is 263. The normalized spacial score (nSPS) is 9.92. The third-order valence-electron chi connectivity index (χ3n) is 0.792. The molecule has 0 spiro atoms. The van der Waals surface area contributed by atoms with E-state index in [0.717, 1.165) is 12.3 Å². The Labute approximate surface area is 101 Å². The van der Waals surface area contributed by atoms with Gasteiger partial charge >= 0.3 is 35.5 Å². The zero-order valence-corrected chi connectivity index (χ0v) is 10.5. The second-order valence-corrected chi connectivity index (χ2v) is 3.54. The number of esters is 1. The van der Waals surface area contributed by atoms with E-state index in [1.165, 1.54) is 0 Å². The van der Waals surface area contributed by atoms with E-state index >= 15 is 0 Å². The Morgan fingerprint density at radius 2 is 2.08 bits per heavy atom. The van der Waals surface area contributed by atoms with Gasteiger partial charge in [0, 0.05) is 6.08 Å². The van der Waals surface area contributed by atoms with Crippen molar-refractivity contribution in [3.63, 3.8) is 0 Å². The number of hydrogen-bond donors (Lipinski definition) is 0. The predicted molar refractivity (Wildman–Crippen MR) is 43.1 cm³/mol. The summed E-state index contributed by atoms with van der Waals surface area (Å²) in [5, 5.41) is 0. The van der Waals surface area contributed by atoms with E-state index in [0.29, 0.717) is 0 Å². The van der Waals surface area contributed by atoms with Gasteiger partial charge in [-0.15, -0.1) is 0 Å². The molecule has 0 radical (unpaired) electrons. The van der Waals surface area contributed by atoms with Gasteiger partial charge in [-0.2, -0.15) is 8.42 Å². The fraction of sp³-hybridized carbons (Fsp3) is 0.500. The van der Waals surface area contributed by atoms with Crippen LogP contribution >= 0.6 is 0 Å². The van der Waals surface area contributed by atoms with Gasteiger partial charge in [-0.05, 0) is 0 Å². The molecule has 0 heterocycles. The average Bonchev–Trinajstić information content (AvgIpc) is 1.96. The molecule has 0 aromatic carbocycles. The van der Waals surface area contributed by atoms with E-state index in [2.05, 4.69) is 15.5 Å². The minimum atomic E-state index is -3.45. The van der Waals surface area contributed by atoms with Crippen LogP contribution in [-0.4, -0.2) is 33.9 Å². The van der Waals surface area contributed by atoms with Crippen molar-refractivity contribution in [3.8, 4) is 0 Å². The SMILES string of the molecule is C=CC(=O)OCCOS(C)(=O)=O.[H-].[Na+]. The van der Waals surface area contributed by atoms with Gasteiger partial charge < -0.3 is 6.16 Å². The molecule has 5 nitrogen and oxygen atoms in total. The summed E-state index contributed by atoms with van der Waals surface area (Å²) in [4.78, 5) is 10.4. The summed E-state index contributed by atoms with van der Waals surface area (Å²) < 4.78 is 29.5. The third kappa shape index (κ3) is 12.1. The zero-order valence-electron chi connectivity index (χ0n) is 8.65. The van der Waals surface area contributed by atoms with E-state index < -0.39 is 16.1 Å². The summed E-state index contributed by atoms with van der Waals surface area (Å²) in [6.45, 7) is 2.89. The van der Waals surface area contributed by atoms with Crippen LogP contribution in [0.3, 0.4) is 0 Å².